The second-order valence-electron chi connectivity index (χ2n) is 6.55. The smallest absolute Gasteiger partial charge is 0.352 e. The molecule has 3 aromatic carbocycles. The highest BCUT2D eigenvalue weighted by molar-refractivity contribution is 5.91. The molecular formula is C23H17F5O. The summed E-state index contributed by atoms with van der Waals surface area (Å²) >= 11 is 0. The average Bonchev–Trinajstić information content (AvgIpc) is 2.65. The van der Waals surface area contributed by atoms with E-state index in [-0.39, 0.29) is 5.56 Å². The molecule has 0 saturated heterocycles. The Bertz CT molecular complexity index is 1070. The highest BCUT2D eigenvalue weighted by Gasteiger charge is 2.29. The minimum absolute atomic E-state index is 0.135. The van der Waals surface area contributed by atoms with E-state index in [9.17, 15) is 22.0 Å². The highest BCUT2D eigenvalue weighted by atomic mass is 19.4. The van der Waals surface area contributed by atoms with E-state index in [1.54, 1.807) is 36.4 Å². The number of ether oxygens (including phenoxy) is 1. The first kappa shape index (κ1) is 20.7. The largest absolute Gasteiger partial charge is 0.581 e. The van der Waals surface area contributed by atoms with Crippen LogP contribution in [0.3, 0.4) is 0 Å². The van der Waals surface area contributed by atoms with Crippen molar-refractivity contribution < 1.29 is 26.7 Å². The Labute approximate surface area is 165 Å². The molecule has 0 aliphatic heterocycles. The molecule has 0 bridgehead atoms. The van der Waals surface area contributed by atoms with Crippen LogP contribution in [0.2, 0.25) is 0 Å². The molecule has 0 unspecified atom stereocenters. The fourth-order valence-electron chi connectivity index (χ4n) is 3.11. The minimum Gasteiger partial charge on any atom is -0.352 e. The Morgan fingerprint density at radius 2 is 1.69 bits per heavy atom. The summed E-state index contributed by atoms with van der Waals surface area (Å²) in [7, 11) is 0. The van der Waals surface area contributed by atoms with E-state index in [0.717, 1.165) is 12.8 Å². The molecule has 0 heterocycles. The van der Waals surface area contributed by atoms with Gasteiger partial charge in [0, 0.05) is 5.56 Å². The van der Waals surface area contributed by atoms with Crippen molar-refractivity contribution in [3.8, 4) is 23.2 Å². The van der Waals surface area contributed by atoms with Crippen molar-refractivity contribution in [3.63, 3.8) is 0 Å². The van der Waals surface area contributed by atoms with Crippen molar-refractivity contribution in [2.24, 2.45) is 0 Å². The molecule has 0 atom stereocenters. The van der Waals surface area contributed by atoms with Gasteiger partial charge in [-0.3, -0.25) is 0 Å². The highest BCUT2D eigenvalue weighted by Crippen LogP contribution is 2.31. The zero-order chi connectivity index (χ0) is 21.0. The average molecular weight is 404 g/mol. The Kier molecular flexibility index (Phi) is 6.07. The third-order valence-electron chi connectivity index (χ3n) is 4.44. The Hall–Kier alpha value is -3.07. The summed E-state index contributed by atoms with van der Waals surface area (Å²) in [5.41, 5.74) is 1.12. The molecule has 3 rings (SSSR count). The molecule has 0 saturated carbocycles. The van der Waals surface area contributed by atoms with E-state index >= 15 is 0 Å². The van der Waals surface area contributed by atoms with E-state index in [1.165, 1.54) is 18.2 Å². The lowest BCUT2D eigenvalue weighted by Gasteiger charge is -2.10. The summed E-state index contributed by atoms with van der Waals surface area (Å²) < 4.78 is 68.9. The number of hydrogen-bond donors (Lipinski definition) is 0. The zero-order valence-electron chi connectivity index (χ0n) is 15.5. The first-order valence-corrected chi connectivity index (χ1v) is 9.05. The van der Waals surface area contributed by atoms with Gasteiger partial charge in [-0.25, -0.2) is 8.78 Å². The second kappa shape index (κ2) is 8.52. The fraction of sp³-hybridized carbons (Fsp3) is 0.217. The van der Waals surface area contributed by atoms with Gasteiger partial charge in [-0.2, -0.15) is 0 Å². The zero-order valence-corrected chi connectivity index (χ0v) is 15.5. The number of fused-ring (bicyclic) bond motifs is 1. The van der Waals surface area contributed by atoms with Crippen LogP contribution in [0, 0.1) is 23.7 Å². The van der Waals surface area contributed by atoms with E-state index in [2.05, 4.69) is 10.7 Å². The summed E-state index contributed by atoms with van der Waals surface area (Å²) in [6, 6.07) is 12.2. The molecule has 1 nitrogen and oxygen atoms in total. The van der Waals surface area contributed by atoms with Crippen LogP contribution in [0.25, 0.3) is 21.9 Å². The van der Waals surface area contributed by atoms with Gasteiger partial charge in [-0.1, -0.05) is 37.6 Å². The summed E-state index contributed by atoms with van der Waals surface area (Å²) in [6.07, 6.45) is -0.848. The van der Waals surface area contributed by atoms with Crippen molar-refractivity contribution >= 4 is 10.8 Å². The first-order chi connectivity index (χ1) is 13.8. The molecule has 0 N–H and O–H groups in total. The molecule has 150 valence electrons. The molecule has 0 aromatic heterocycles. The Balaban J connectivity index is 1.99. The summed E-state index contributed by atoms with van der Waals surface area (Å²) in [5.74, 6) is 1.02. The van der Waals surface area contributed by atoms with Crippen LogP contribution in [0.5, 0.6) is 0 Å². The predicted octanol–water partition coefficient (Wildman–Crippen LogP) is 6.97. The minimum atomic E-state index is -4.84. The number of hydrogen-bond acceptors (Lipinski definition) is 1. The number of alkyl halides is 3. The number of halogens is 5. The monoisotopic (exact) mass is 404 g/mol. The van der Waals surface area contributed by atoms with Gasteiger partial charge in [0.05, 0.1) is 5.56 Å². The van der Waals surface area contributed by atoms with Gasteiger partial charge in [0.2, 0.25) is 0 Å². The lowest BCUT2D eigenvalue weighted by atomic mass is 9.96. The lowest BCUT2D eigenvalue weighted by molar-refractivity contribution is -0.291. The Morgan fingerprint density at radius 3 is 2.34 bits per heavy atom. The summed E-state index contributed by atoms with van der Waals surface area (Å²) in [5, 5.41) is 1.14. The van der Waals surface area contributed by atoms with Crippen molar-refractivity contribution in [3.05, 3.63) is 71.3 Å². The van der Waals surface area contributed by atoms with Crippen molar-refractivity contribution in [1.82, 2.24) is 0 Å². The molecule has 0 aliphatic carbocycles. The molecule has 0 fully saturated rings. The molecule has 0 spiro atoms. The van der Waals surface area contributed by atoms with E-state index in [4.69, 9.17) is 0 Å². The lowest BCUT2D eigenvalue weighted by Crippen LogP contribution is -2.08. The molecular weight excluding hydrogens is 387 g/mol. The maximum Gasteiger partial charge on any atom is 0.581 e. The predicted molar refractivity (Wildman–Crippen MR) is 102 cm³/mol. The third kappa shape index (κ3) is 5.05. The third-order valence-corrected chi connectivity index (χ3v) is 4.44. The number of benzene rings is 3. The fourth-order valence-corrected chi connectivity index (χ4v) is 3.11. The summed E-state index contributed by atoms with van der Waals surface area (Å²) in [6.45, 7) is 2.00. The maximum atomic E-state index is 14.6. The molecule has 3 aromatic rings. The van der Waals surface area contributed by atoms with Gasteiger partial charge < -0.3 is 4.74 Å². The SMILES string of the molecule is CCCCc1cc(F)c(-c2ccc3c(C#COC(F)(F)F)cccc3c2)c(F)c1. The van der Waals surface area contributed by atoms with Crippen LogP contribution < -0.4 is 0 Å². The second-order valence-corrected chi connectivity index (χ2v) is 6.55. The van der Waals surface area contributed by atoms with Crippen LogP contribution >= 0.6 is 0 Å². The van der Waals surface area contributed by atoms with Gasteiger partial charge >= 0.3 is 6.36 Å². The van der Waals surface area contributed by atoms with Gasteiger partial charge in [-0.15, -0.1) is 13.2 Å². The van der Waals surface area contributed by atoms with Crippen LogP contribution in [0.4, 0.5) is 22.0 Å². The van der Waals surface area contributed by atoms with Gasteiger partial charge in [-0.05, 0) is 64.9 Å². The maximum absolute atomic E-state index is 14.6. The molecule has 29 heavy (non-hydrogen) atoms. The van der Waals surface area contributed by atoms with E-state index in [1.807, 2.05) is 6.92 Å². The number of rotatable bonds is 4. The molecule has 0 amide bonds. The van der Waals surface area contributed by atoms with Crippen molar-refractivity contribution in [2.45, 2.75) is 32.5 Å². The number of aryl methyl sites for hydroxylation is 1. The molecule has 0 aliphatic rings. The van der Waals surface area contributed by atoms with Gasteiger partial charge in [0.25, 0.3) is 0 Å². The van der Waals surface area contributed by atoms with Crippen molar-refractivity contribution in [1.29, 1.82) is 0 Å². The normalized spacial score (nSPS) is 11.2. The first-order valence-electron chi connectivity index (χ1n) is 9.05. The van der Waals surface area contributed by atoms with E-state index < -0.39 is 18.0 Å². The topological polar surface area (TPSA) is 9.23 Å². The summed E-state index contributed by atoms with van der Waals surface area (Å²) in [4.78, 5) is 0. The van der Waals surface area contributed by atoms with Crippen molar-refractivity contribution in [2.75, 3.05) is 0 Å². The quantitative estimate of drug-likeness (QED) is 0.337. The van der Waals surface area contributed by atoms with Crippen LogP contribution in [0.15, 0.2) is 48.5 Å². The van der Waals surface area contributed by atoms with E-state index in [0.29, 0.717) is 33.9 Å². The molecule has 6 heteroatoms. The number of unbranched alkanes of at least 4 members (excludes halogenated alkanes) is 1. The Morgan fingerprint density at radius 1 is 0.966 bits per heavy atom. The van der Waals surface area contributed by atoms with Crippen LogP contribution in [0.1, 0.15) is 30.9 Å². The molecule has 0 radical (unpaired) electrons. The standard InChI is InChI=1S/C23H17F5O/c1-2-3-5-15-12-20(24)22(21(25)13-15)18-8-9-19-16(6-4-7-17(19)14-18)10-11-29-23(26,27)28/h4,6-9,12-14H,2-3,5H2,1H3. The van der Waals surface area contributed by atoms with Crippen LogP contribution in [-0.4, -0.2) is 6.36 Å². The van der Waals surface area contributed by atoms with Crippen LogP contribution in [-0.2, 0) is 11.2 Å². The van der Waals surface area contributed by atoms with Gasteiger partial charge in [0.1, 0.15) is 17.7 Å². The van der Waals surface area contributed by atoms with Gasteiger partial charge in [0.15, 0.2) is 0 Å².